The lowest BCUT2D eigenvalue weighted by atomic mass is 10.1. The van der Waals surface area contributed by atoms with E-state index >= 15 is 0 Å². The van der Waals surface area contributed by atoms with Gasteiger partial charge in [0, 0.05) is 32.8 Å². The number of anilines is 2. The molecule has 1 saturated heterocycles. The Kier molecular flexibility index (Phi) is 7.62. The van der Waals surface area contributed by atoms with E-state index in [9.17, 15) is 23.6 Å². The molecule has 2 N–H and O–H groups in total. The number of nitrogens with zero attached hydrogens (tertiary/aromatic N) is 2. The van der Waals surface area contributed by atoms with Crippen molar-refractivity contribution in [1.29, 1.82) is 0 Å². The molecule has 1 aliphatic rings. The Hall–Kier alpha value is -4.22. The standard InChI is InChI=1S/C28H20BrFN4O4S/c29-21-6-2-3-7-22(21)32-26(36)16-34-27(37)24(39-28(34)38)13-17-14-33(23-8-4-1-5-20(17)23)15-25(35)31-19-11-9-18(30)10-12-19/h1-14H,15-16H2,(H,31,35)(H,32,36)/b24-13-. The Morgan fingerprint density at radius 2 is 1.59 bits per heavy atom. The molecule has 0 saturated carbocycles. The van der Waals surface area contributed by atoms with Crippen LogP contribution >= 0.6 is 27.7 Å². The third-order valence-electron chi connectivity index (χ3n) is 5.87. The normalized spacial score (nSPS) is 14.3. The van der Waals surface area contributed by atoms with Crippen LogP contribution in [0.1, 0.15) is 5.56 Å². The molecule has 5 rings (SSSR count). The first-order chi connectivity index (χ1) is 18.8. The molecule has 2 heterocycles. The number of carbonyl (C=O) groups is 4. The third-order valence-corrected chi connectivity index (χ3v) is 7.47. The Bertz CT molecular complexity index is 1650. The van der Waals surface area contributed by atoms with E-state index in [-0.39, 0.29) is 17.4 Å². The SMILES string of the molecule is O=C(Cn1cc(/C=C2\SC(=O)N(CC(=O)Nc3ccccc3Br)C2=O)c2ccccc21)Nc1ccc(F)cc1. The van der Waals surface area contributed by atoms with Crippen molar-refractivity contribution in [3.63, 3.8) is 0 Å². The van der Waals surface area contributed by atoms with Gasteiger partial charge in [0.25, 0.3) is 11.1 Å². The van der Waals surface area contributed by atoms with Crippen molar-refractivity contribution in [2.24, 2.45) is 0 Å². The van der Waals surface area contributed by atoms with Gasteiger partial charge >= 0.3 is 0 Å². The van der Waals surface area contributed by atoms with Crippen LogP contribution in [0, 0.1) is 5.82 Å². The summed E-state index contributed by atoms with van der Waals surface area (Å²) in [4.78, 5) is 51.9. The molecule has 196 valence electrons. The van der Waals surface area contributed by atoms with Crippen LogP contribution in [0.15, 0.2) is 88.4 Å². The molecular weight excluding hydrogens is 587 g/mol. The van der Waals surface area contributed by atoms with Crippen molar-refractivity contribution < 1.29 is 23.6 Å². The second-order valence-corrected chi connectivity index (χ2v) is 10.4. The zero-order valence-electron chi connectivity index (χ0n) is 20.2. The van der Waals surface area contributed by atoms with Gasteiger partial charge in [-0.1, -0.05) is 30.3 Å². The van der Waals surface area contributed by atoms with E-state index < -0.39 is 29.4 Å². The molecule has 0 radical (unpaired) electrons. The first-order valence-corrected chi connectivity index (χ1v) is 13.3. The predicted molar refractivity (Wildman–Crippen MR) is 152 cm³/mol. The highest BCUT2D eigenvalue weighted by molar-refractivity contribution is 9.10. The quantitative estimate of drug-likeness (QED) is 0.257. The lowest BCUT2D eigenvalue weighted by Crippen LogP contribution is -2.36. The lowest BCUT2D eigenvalue weighted by molar-refractivity contribution is -0.127. The first-order valence-electron chi connectivity index (χ1n) is 11.7. The number of imide groups is 1. The molecule has 4 aromatic rings. The van der Waals surface area contributed by atoms with Gasteiger partial charge in [0.2, 0.25) is 11.8 Å². The molecule has 11 heteroatoms. The van der Waals surface area contributed by atoms with Crippen molar-refractivity contribution in [2.45, 2.75) is 6.54 Å². The van der Waals surface area contributed by atoms with Gasteiger partial charge in [0.15, 0.2) is 0 Å². The van der Waals surface area contributed by atoms with Crippen LogP contribution in [0.2, 0.25) is 0 Å². The number of hydrogen-bond acceptors (Lipinski definition) is 5. The largest absolute Gasteiger partial charge is 0.337 e. The average molecular weight is 607 g/mol. The second kappa shape index (κ2) is 11.3. The zero-order chi connectivity index (χ0) is 27.5. The molecule has 8 nitrogen and oxygen atoms in total. The van der Waals surface area contributed by atoms with Crippen LogP contribution in [0.25, 0.3) is 17.0 Å². The summed E-state index contributed by atoms with van der Waals surface area (Å²) in [5.74, 6) is -1.79. The maximum Gasteiger partial charge on any atom is 0.294 e. The van der Waals surface area contributed by atoms with E-state index in [1.165, 1.54) is 24.3 Å². The lowest BCUT2D eigenvalue weighted by Gasteiger charge is -2.13. The summed E-state index contributed by atoms with van der Waals surface area (Å²) >= 11 is 4.10. The molecule has 0 unspecified atom stereocenters. The first kappa shape index (κ1) is 26.4. The second-order valence-electron chi connectivity index (χ2n) is 8.58. The smallest absolute Gasteiger partial charge is 0.294 e. The molecule has 0 aliphatic carbocycles. The topological polar surface area (TPSA) is 101 Å². The number of benzene rings is 3. The van der Waals surface area contributed by atoms with Crippen LogP contribution in [-0.4, -0.2) is 39.0 Å². The molecular formula is C28H20BrFN4O4S. The molecule has 3 aromatic carbocycles. The molecule has 39 heavy (non-hydrogen) atoms. The van der Waals surface area contributed by atoms with Crippen molar-refractivity contribution in [2.75, 3.05) is 17.2 Å². The summed E-state index contributed by atoms with van der Waals surface area (Å²) in [6.07, 6.45) is 3.32. The van der Waals surface area contributed by atoms with E-state index in [0.29, 0.717) is 21.4 Å². The van der Waals surface area contributed by atoms with Crippen molar-refractivity contribution in [3.8, 4) is 0 Å². The van der Waals surface area contributed by atoms with Gasteiger partial charge in [0.05, 0.1) is 10.6 Å². The van der Waals surface area contributed by atoms with Gasteiger partial charge in [-0.25, -0.2) is 4.39 Å². The van der Waals surface area contributed by atoms with E-state index in [2.05, 4.69) is 26.6 Å². The number of halogens is 2. The van der Waals surface area contributed by atoms with E-state index in [4.69, 9.17) is 0 Å². The Morgan fingerprint density at radius 3 is 2.36 bits per heavy atom. The summed E-state index contributed by atoms with van der Waals surface area (Å²) in [6, 6.07) is 19.9. The fourth-order valence-electron chi connectivity index (χ4n) is 4.08. The predicted octanol–water partition coefficient (Wildman–Crippen LogP) is 5.86. The highest BCUT2D eigenvalue weighted by Gasteiger charge is 2.36. The van der Waals surface area contributed by atoms with E-state index in [1.807, 2.05) is 24.3 Å². The number of para-hydroxylation sites is 2. The summed E-state index contributed by atoms with van der Waals surface area (Å²) in [7, 11) is 0. The molecule has 4 amide bonds. The Balaban J connectivity index is 1.33. The summed E-state index contributed by atoms with van der Waals surface area (Å²) in [5, 5.41) is 5.66. The number of amides is 4. The number of hydrogen-bond donors (Lipinski definition) is 2. The van der Waals surface area contributed by atoms with Gasteiger partial charge in [-0.15, -0.1) is 0 Å². The van der Waals surface area contributed by atoms with Crippen molar-refractivity contribution in [1.82, 2.24) is 9.47 Å². The monoisotopic (exact) mass is 606 g/mol. The number of rotatable bonds is 7. The van der Waals surface area contributed by atoms with Crippen LogP contribution in [-0.2, 0) is 20.9 Å². The van der Waals surface area contributed by atoms with Gasteiger partial charge in [-0.05, 0) is 76.2 Å². The van der Waals surface area contributed by atoms with Crippen molar-refractivity contribution in [3.05, 3.63) is 99.8 Å². The Morgan fingerprint density at radius 1 is 0.897 bits per heavy atom. The van der Waals surface area contributed by atoms with Gasteiger partial charge < -0.3 is 15.2 Å². The van der Waals surface area contributed by atoms with E-state index in [0.717, 1.165) is 27.6 Å². The summed E-state index contributed by atoms with van der Waals surface area (Å²) in [6.45, 7) is -0.447. The minimum atomic E-state index is -0.571. The van der Waals surface area contributed by atoms with Crippen molar-refractivity contribution >= 4 is 79.0 Å². The maximum atomic E-state index is 13.2. The van der Waals surface area contributed by atoms with Crippen LogP contribution < -0.4 is 10.6 Å². The summed E-state index contributed by atoms with van der Waals surface area (Å²) < 4.78 is 15.6. The van der Waals surface area contributed by atoms with Crippen LogP contribution in [0.3, 0.4) is 0 Å². The minimum absolute atomic E-state index is 0.0254. The highest BCUT2D eigenvalue weighted by Crippen LogP contribution is 2.34. The molecule has 1 aliphatic heterocycles. The molecule has 0 spiro atoms. The maximum absolute atomic E-state index is 13.2. The number of nitrogens with one attached hydrogen (secondary N) is 2. The Labute approximate surface area is 235 Å². The third kappa shape index (κ3) is 5.94. The molecule has 1 aromatic heterocycles. The number of fused-ring (bicyclic) bond motifs is 1. The highest BCUT2D eigenvalue weighted by atomic mass is 79.9. The van der Waals surface area contributed by atoms with Gasteiger partial charge in [0.1, 0.15) is 18.9 Å². The fraction of sp³-hybridized carbons (Fsp3) is 0.0714. The van der Waals surface area contributed by atoms with Gasteiger partial charge in [-0.3, -0.25) is 24.1 Å². The molecule has 0 bridgehead atoms. The number of carbonyl (C=O) groups excluding carboxylic acids is 4. The average Bonchev–Trinajstić information content (AvgIpc) is 3.38. The summed E-state index contributed by atoms with van der Waals surface area (Å²) in [5.41, 5.74) is 2.39. The van der Waals surface area contributed by atoms with Crippen LogP contribution in [0.4, 0.5) is 20.6 Å². The minimum Gasteiger partial charge on any atom is -0.337 e. The molecule has 1 fully saturated rings. The molecule has 0 atom stereocenters. The van der Waals surface area contributed by atoms with E-state index in [1.54, 1.807) is 41.1 Å². The van der Waals surface area contributed by atoms with Gasteiger partial charge in [-0.2, -0.15) is 0 Å². The van der Waals surface area contributed by atoms with Crippen LogP contribution in [0.5, 0.6) is 0 Å². The number of aromatic nitrogens is 1. The number of thioether (sulfide) groups is 1. The fourth-order valence-corrected chi connectivity index (χ4v) is 5.30. The zero-order valence-corrected chi connectivity index (χ0v) is 22.6.